The highest BCUT2D eigenvalue weighted by Crippen LogP contribution is 2.49. The number of hydrogen-bond donors (Lipinski definition) is 3. The number of nitrogens with zero attached hydrogens (tertiary/aromatic N) is 1. The number of fused-ring (bicyclic) bond motifs is 1. The molecule has 0 aromatic carbocycles. The van der Waals surface area contributed by atoms with E-state index in [2.05, 4.69) is 5.32 Å². The molecule has 130 valence electrons. The zero-order valence-corrected chi connectivity index (χ0v) is 14.1. The van der Waals surface area contributed by atoms with Crippen LogP contribution in [-0.4, -0.2) is 51.6 Å². The Bertz CT molecular complexity index is 661. The first kappa shape index (κ1) is 17.1. The van der Waals surface area contributed by atoms with Crippen molar-refractivity contribution < 1.29 is 24.6 Å². The second kappa shape index (κ2) is 6.27. The summed E-state index contributed by atoms with van der Waals surface area (Å²) in [7, 11) is 0. The number of nitrogens with one attached hydrogen (secondary N) is 1. The summed E-state index contributed by atoms with van der Waals surface area (Å²) >= 11 is 1.40. The highest BCUT2D eigenvalue weighted by molar-refractivity contribution is 7.10. The number of likely N-dealkylation sites (tertiary alicyclic amines) is 1. The second-order valence-electron chi connectivity index (χ2n) is 6.26. The number of aliphatic hydroxyl groups excluding tert-OH is 1. The largest absolute Gasteiger partial charge is 0.480 e. The van der Waals surface area contributed by atoms with Crippen molar-refractivity contribution in [3.8, 4) is 0 Å². The first-order valence-corrected chi connectivity index (χ1v) is 8.86. The highest BCUT2D eigenvalue weighted by atomic mass is 32.1. The van der Waals surface area contributed by atoms with E-state index in [1.165, 1.54) is 16.2 Å². The summed E-state index contributed by atoms with van der Waals surface area (Å²) in [5.74, 6) is -4.03. The van der Waals surface area contributed by atoms with Gasteiger partial charge in [0.05, 0.1) is 24.5 Å². The maximum Gasteiger partial charge on any atom is 0.327 e. The zero-order chi connectivity index (χ0) is 17.5. The van der Waals surface area contributed by atoms with Crippen molar-refractivity contribution in [1.82, 2.24) is 10.2 Å². The fourth-order valence-electron chi connectivity index (χ4n) is 3.72. The lowest BCUT2D eigenvalue weighted by Crippen LogP contribution is -2.58. The topological polar surface area (TPSA) is 107 Å². The number of carbonyl (C=O) groups is 3. The predicted molar refractivity (Wildman–Crippen MR) is 86.3 cm³/mol. The van der Waals surface area contributed by atoms with Crippen LogP contribution >= 0.6 is 11.3 Å². The number of carboxylic acid groups (broad SMARTS) is 1. The van der Waals surface area contributed by atoms with Crippen LogP contribution in [0.15, 0.2) is 17.5 Å². The lowest BCUT2D eigenvalue weighted by molar-refractivity contribution is -0.153. The van der Waals surface area contributed by atoms with E-state index in [0.717, 1.165) is 11.3 Å². The molecule has 0 bridgehead atoms. The third-order valence-corrected chi connectivity index (χ3v) is 5.92. The van der Waals surface area contributed by atoms with Crippen LogP contribution < -0.4 is 5.32 Å². The smallest absolute Gasteiger partial charge is 0.327 e. The minimum atomic E-state index is -1.83. The van der Waals surface area contributed by atoms with Crippen molar-refractivity contribution in [2.75, 3.05) is 13.2 Å². The van der Waals surface area contributed by atoms with Crippen LogP contribution in [0, 0.1) is 11.8 Å². The van der Waals surface area contributed by atoms with Crippen LogP contribution in [-0.2, 0) is 14.4 Å². The van der Waals surface area contributed by atoms with Crippen LogP contribution in [0.5, 0.6) is 0 Å². The molecule has 4 atom stereocenters. The van der Waals surface area contributed by atoms with Crippen molar-refractivity contribution in [3.63, 3.8) is 0 Å². The van der Waals surface area contributed by atoms with E-state index in [4.69, 9.17) is 0 Å². The Labute approximate surface area is 143 Å². The van der Waals surface area contributed by atoms with E-state index in [9.17, 15) is 24.6 Å². The van der Waals surface area contributed by atoms with E-state index in [0.29, 0.717) is 13.0 Å². The van der Waals surface area contributed by atoms with Gasteiger partial charge < -0.3 is 10.2 Å². The first-order valence-electron chi connectivity index (χ1n) is 7.98. The molecule has 1 aromatic heterocycles. The van der Waals surface area contributed by atoms with Crippen molar-refractivity contribution in [3.05, 3.63) is 22.4 Å². The molecule has 0 radical (unpaired) electrons. The summed E-state index contributed by atoms with van der Waals surface area (Å²) in [6, 6.07) is 3.04. The van der Waals surface area contributed by atoms with Gasteiger partial charge in [0, 0.05) is 11.4 Å². The number of rotatable bonds is 6. The summed E-state index contributed by atoms with van der Waals surface area (Å²) in [6.45, 7) is 1.50. The molecule has 8 heteroatoms. The molecule has 0 aliphatic carbocycles. The van der Waals surface area contributed by atoms with Gasteiger partial charge in [-0.3, -0.25) is 24.6 Å². The third kappa shape index (κ3) is 2.28. The number of unbranched alkanes of at least 4 members (excludes halogenated alkanes) is 1. The van der Waals surface area contributed by atoms with Gasteiger partial charge in [0.15, 0.2) is 5.54 Å². The Hall–Kier alpha value is -1.77. The van der Waals surface area contributed by atoms with Gasteiger partial charge in [0.2, 0.25) is 11.8 Å². The second-order valence-corrected chi connectivity index (χ2v) is 7.24. The molecular formula is C16H20N2O5S. The van der Waals surface area contributed by atoms with E-state index in [-0.39, 0.29) is 5.91 Å². The number of hydrogen-bond acceptors (Lipinski definition) is 6. The van der Waals surface area contributed by atoms with Gasteiger partial charge in [0.1, 0.15) is 0 Å². The first-order chi connectivity index (χ1) is 11.5. The van der Waals surface area contributed by atoms with Gasteiger partial charge in [-0.15, -0.1) is 11.3 Å². The Morgan fingerprint density at radius 1 is 1.42 bits per heavy atom. The molecule has 3 heterocycles. The predicted octanol–water partition coefficient (Wildman–Crippen LogP) is 0.609. The summed E-state index contributed by atoms with van der Waals surface area (Å²) in [5.41, 5.74) is -1.83. The lowest BCUT2D eigenvalue weighted by Gasteiger charge is -2.28. The van der Waals surface area contributed by atoms with Crippen molar-refractivity contribution in [2.45, 2.75) is 31.3 Å². The fourth-order valence-corrected chi connectivity index (χ4v) is 4.54. The molecule has 2 aliphatic heterocycles. The number of aliphatic hydroxyl groups is 1. The molecule has 0 saturated carbocycles. The quantitative estimate of drug-likeness (QED) is 0.648. The summed E-state index contributed by atoms with van der Waals surface area (Å²) < 4.78 is 0. The van der Waals surface area contributed by atoms with Crippen molar-refractivity contribution in [1.29, 1.82) is 0 Å². The molecule has 24 heavy (non-hydrogen) atoms. The summed E-state index contributed by atoms with van der Waals surface area (Å²) in [6.07, 6.45) is 1.50. The normalized spacial score (nSPS) is 32.4. The van der Waals surface area contributed by atoms with E-state index in [1.54, 1.807) is 6.07 Å². The van der Waals surface area contributed by atoms with E-state index < -0.39 is 41.9 Å². The van der Waals surface area contributed by atoms with Gasteiger partial charge in [0.25, 0.3) is 0 Å². The minimum Gasteiger partial charge on any atom is -0.480 e. The average molecular weight is 352 g/mol. The molecule has 2 aliphatic rings. The molecule has 4 unspecified atom stereocenters. The zero-order valence-electron chi connectivity index (χ0n) is 13.3. The monoisotopic (exact) mass is 352 g/mol. The minimum absolute atomic E-state index is 0.291. The average Bonchev–Trinajstić information content (AvgIpc) is 3.24. The molecule has 2 saturated heterocycles. The standard InChI is InChI=1S/C16H20N2O5S/c1-2-3-6-18-13(20)10-11(14(18)21)16(8-19,15(22)23)17-12(10)9-5-4-7-24-9/h4-5,7,10-12,17,19H,2-3,6,8H2,1H3,(H,22,23). The maximum absolute atomic E-state index is 12.8. The Balaban J connectivity index is 2.05. The van der Waals surface area contributed by atoms with Crippen LogP contribution in [0.4, 0.5) is 0 Å². The lowest BCUT2D eigenvalue weighted by atomic mass is 9.80. The van der Waals surface area contributed by atoms with Crippen LogP contribution in [0.25, 0.3) is 0 Å². The Morgan fingerprint density at radius 3 is 2.71 bits per heavy atom. The van der Waals surface area contributed by atoms with Crippen molar-refractivity contribution in [2.24, 2.45) is 11.8 Å². The number of carbonyl (C=O) groups excluding carboxylic acids is 2. The van der Waals surface area contributed by atoms with E-state index in [1.807, 2.05) is 18.4 Å². The van der Waals surface area contributed by atoms with Crippen molar-refractivity contribution >= 4 is 29.1 Å². The Morgan fingerprint density at radius 2 is 2.17 bits per heavy atom. The van der Waals surface area contributed by atoms with E-state index >= 15 is 0 Å². The van der Waals surface area contributed by atoms with Gasteiger partial charge in [-0.1, -0.05) is 19.4 Å². The molecule has 1 aromatic rings. The molecule has 3 N–H and O–H groups in total. The van der Waals surface area contributed by atoms with Gasteiger partial charge in [-0.25, -0.2) is 0 Å². The summed E-state index contributed by atoms with van der Waals surface area (Å²) in [4.78, 5) is 39.5. The molecule has 2 fully saturated rings. The molecule has 7 nitrogen and oxygen atoms in total. The molecule has 2 amide bonds. The fraction of sp³-hybridized carbons (Fsp3) is 0.562. The van der Waals surface area contributed by atoms with Gasteiger partial charge >= 0.3 is 5.97 Å². The van der Waals surface area contributed by atoms with Crippen LogP contribution in [0.1, 0.15) is 30.7 Å². The molecule has 3 rings (SSSR count). The van der Waals surface area contributed by atoms with Crippen LogP contribution in [0.2, 0.25) is 0 Å². The number of aliphatic carboxylic acids is 1. The number of thiophene rings is 1. The van der Waals surface area contributed by atoms with Crippen LogP contribution in [0.3, 0.4) is 0 Å². The number of amides is 2. The number of imide groups is 1. The number of carboxylic acids is 1. The maximum atomic E-state index is 12.8. The van der Waals surface area contributed by atoms with Gasteiger partial charge in [-0.05, 0) is 17.9 Å². The summed E-state index contributed by atoms with van der Waals surface area (Å²) in [5, 5.41) is 24.2. The SMILES string of the molecule is CCCCN1C(=O)C2C(c3cccs3)NC(CO)(C(=O)O)C2C1=O. The highest BCUT2D eigenvalue weighted by Gasteiger charge is 2.68. The molecular weight excluding hydrogens is 332 g/mol. The third-order valence-electron chi connectivity index (χ3n) is 4.96. The molecule has 0 spiro atoms. The Kier molecular flexibility index (Phi) is 4.46. The van der Waals surface area contributed by atoms with Gasteiger partial charge in [-0.2, -0.15) is 0 Å².